The Kier molecular flexibility index (Phi) is 5.86. The molecule has 2 aromatic rings. The lowest BCUT2D eigenvalue weighted by molar-refractivity contribution is 0.602. The molecule has 0 bridgehead atoms. The average molecular weight is 322 g/mol. The van der Waals surface area contributed by atoms with E-state index < -0.39 is 0 Å². The molecule has 0 spiro atoms. The fourth-order valence-corrected chi connectivity index (χ4v) is 3.97. The van der Waals surface area contributed by atoms with E-state index in [1.807, 2.05) is 11.3 Å². The van der Waals surface area contributed by atoms with E-state index in [0.29, 0.717) is 0 Å². The second-order valence-corrected chi connectivity index (χ2v) is 6.86. The fourth-order valence-electron chi connectivity index (χ4n) is 2.55. The van der Waals surface area contributed by atoms with Gasteiger partial charge in [-0.1, -0.05) is 31.5 Å². The highest BCUT2D eigenvalue weighted by Gasteiger charge is 2.20. The molecule has 1 unspecified atom stereocenters. The SMILES string of the molecule is CCCNC(c1cc(C)c(C)cc1Cl)c1sccc1CC. The van der Waals surface area contributed by atoms with Gasteiger partial charge in [-0.05, 0) is 73.0 Å². The lowest BCUT2D eigenvalue weighted by Crippen LogP contribution is -2.23. The highest BCUT2D eigenvalue weighted by Crippen LogP contribution is 2.35. The Morgan fingerprint density at radius 1 is 1.19 bits per heavy atom. The Hall–Kier alpha value is -0.830. The smallest absolute Gasteiger partial charge is 0.0688 e. The Morgan fingerprint density at radius 3 is 2.57 bits per heavy atom. The highest BCUT2D eigenvalue weighted by atomic mass is 35.5. The van der Waals surface area contributed by atoms with E-state index in [9.17, 15) is 0 Å². The zero-order valence-corrected chi connectivity index (χ0v) is 14.9. The van der Waals surface area contributed by atoms with Gasteiger partial charge in [0.25, 0.3) is 0 Å². The van der Waals surface area contributed by atoms with E-state index in [2.05, 4.69) is 56.6 Å². The Balaban J connectivity index is 2.48. The molecule has 0 aliphatic carbocycles. The van der Waals surface area contributed by atoms with Gasteiger partial charge >= 0.3 is 0 Å². The topological polar surface area (TPSA) is 12.0 Å². The molecule has 1 aromatic carbocycles. The number of halogens is 1. The lowest BCUT2D eigenvalue weighted by Gasteiger charge is -2.22. The second-order valence-electron chi connectivity index (χ2n) is 5.51. The summed E-state index contributed by atoms with van der Waals surface area (Å²) in [6.45, 7) is 9.67. The predicted octanol–water partition coefficient (Wildman–Crippen LogP) is 5.67. The van der Waals surface area contributed by atoms with Crippen molar-refractivity contribution in [2.75, 3.05) is 6.54 Å². The minimum Gasteiger partial charge on any atom is -0.306 e. The summed E-state index contributed by atoms with van der Waals surface area (Å²) in [6.07, 6.45) is 2.18. The molecule has 0 fully saturated rings. The average Bonchev–Trinajstić information content (AvgIpc) is 2.93. The largest absolute Gasteiger partial charge is 0.306 e. The van der Waals surface area contributed by atoms with Crippen LogP contribution in [0, 0.1) is 13.8 Å². The molecule has 2 rings (SSSR count). The molecule has 1 nitrogen and oxygen atoms in total. The van der Waals surface area contributed by atoms with Crippen LogP contribution in [0.25, 0.3) is 0 Å². The molecule has 1 aromatic heterocycles. The maximum Gasteiger partial charge on any atom is 0.0688 e. The zero-order chi connectivity index (χ0) is 15.4. The van der Waals surface area contributed by atoms with E-state index in [4.69, 9.17) is 11.6 Å². The van der Waals surface area contributed by atoms with Crippen molar-refractivity contribution in [3.8, 4) is 0 Å². The highest BCUT2D eigenvalue weighted by molar-refractivity contribution is 7.10. The van der Waals surface area contributed by atoms with Crippen molar-refractivity contribution in [2.45, 2.75) is 46.6 Å². The van der Waals surface area contributed by atoms with Gasteiger partial charge in [-0.3, -0.25) is 0 Å². The van der Waals surface area contributed by atoms with Crippen LogP contribution in [0.4, 0.5) is 0 Å². The minimum absolute atomic E-state index is 0.201. The Morgan fingerprint density at radius 2 is 1.90 bits per heavy atom. The molecule has 0 aliphatic heterocycles. The first-order chi connectivity index (χ1) is 10.1. The molecule has 0 radical (unpaired) electrons. The molecule has 1 atom stereocenters. The Labute approximate surface area is 137 Å². The van der Waals surface area contributed by atoms with Crippen LogP contribution in [0.1, 0.15) is 53.4 Å². The minimum atomic E-state index is 0.201. The number of nitrogens with one attached hydrogen (secondary N) is 1. The van der Waals surface area contributed by atoms with Gasteiger partial charge in [0.15, 0.2) is 0 Å². The van der Waals surface area contributed by atoms with Crippen LogP contribution in [0.5, 0.6) is 0 Å². The van der Waals surface area contributed by atoms with Crippen molar-refractivity contribution in [1.29, 1.82) is 0 Å². The summed E-state index contributed by atoms with van der Waals surface area (Å²) in [5.74, 6) is 0. The van der Waals surface area contributed by atoms with Crippen molar-refractivity contribution in [2.24, 2.45) is 0 Å². The standard InChI is InChI=1S/C18H24ClNS/c1-5-8-20-17(18-14(6-2)7-9-21-18)15-10-12(3)13(4)11-16(15)19/h7,9-11,17,20H,5-6,8H2,1-4H3. The first-order valence-corrected chi connectivity index (χ1v) is 8.90. The van der Waals surface area contributed by atoms with E-state index in [1.165, 1.54) is 27.1 Å². The van der Waals surface area contributed by atoms with Crippen molar-refractivity contribution in [1.82, 2.24) is 5.32 Å². The van der Waals surface area contributed by atoms with Crippen LogP contribution in [-0.4, -0.2) is 6.54 Å². The maximum atomic E-state index is 6.55. The number of hydrogen-bond acceptors (Lipinski definition) is 2. The van der Waals surface area contributed by atoms with E-state index in [-0.39, 0.29) is 6.04 Å². The monoisotopic (exact) mass is 321 g/mol. The summed E-state index contributed by atoms with van der Waals surface area (Å²) in [6, 6.07) is 6.76. The molecule has 21 heavy (non-hydrogen) atoms. The number of hydrogen-bond donors (Lipinski definition) is 1. The van der Waals surface area contributed by atoms with Crippen LogP contribution in [0.2, 0.25) is 5.02 Å². The molecule has 0 saturated carbocycles. The molecule has 0 aliphatic rings. The summed E-state index contributed by atoms with van der Waals surface area (Å²) in [5, 5.41) is 6.72. The molecule has 1 N–H and O–H groups in total. The van der Waals surface area contributed by atoms with E-state index in [0.717, 1.165) is 24.4 Å². The van der Waals surface area contributed by atoms with Crippen molar-refractivity contribution >= 4 is 22.9 Å². The number of aryl methyl sites for hydroxylation is 3. The summed E-state index contributed by atoms with van der Waals surface area (Å²) in [4.78, 5) is 1.40. The molecule has 1 heterocycles. The summed E-state index contributed by atoms with van der Waals surface area (Å²) >= 11 is 8.38. The van der Waals surface area contributed by atoms with Gasteiger partial charge in [0.1, 0.15) is 0 Å². The van der Waals surface area contributed by atoms with Crippen molar-refractivity contribution < 1.29 is 0 Å². The summed E-state index contributed by atoms with van der Waals surface area (Å²) < 4.78 is 0. The number of thiophene rings is 1. The van der Waals surface area contributed by atoms with Crippen molar-refractivity contribution in [3.63, 3.8) is 0 Å². The third kappa shape index (κ3) is 3.68. The molecule has 3 heteroatoms. The third-order valence-electron chi connectivity index (χ3n) is 3.95. The van der Waals surface area contributed by atoms with Crippen molar-refractivity contribution in [3.05, 3.63) is 55.7 Å². The second kappa shape index (κ2) is 7.44. The lowest BCUT2D eigenvalue weighted by atomic mass is 9.97. The van der Waals surface area contributed by atoms with E-state index >= 15 is 0 Å². The molecule has 114 valence electrons. The summed E-state index contributed by atoms with van der Waals surface area (Å²) in [5.41, 5.74) is 5.17. The number of rotatable bonds is 6. The fraction of sp³-hybridized carbons (Fsp3) is 0.444. The number of benzene rings is 1. The quantitative estimate of drug-likeness (QED) is 0.722. The van der Waals surface area contributed by atoms with E-state index in [1.54, 1.807) is 0 Å². The third-order valence-corrected chi connectivity index (χ3v) is 5.30. The molecule has 0 saturated heterocycles. The predicted molar refractivity (Wildman–Crippen MR) is 94.8 cm³/mol. The van der Waals surface area contributed by atoms with Gasteiger partial charge in [0.05, 0.1) is 6.04 Å². The van der Waals surface area contributed by atoms with Gasteiger partial charge in [-0.25, -0.2) is 0 Å². The van der Waals surface area contributed by atoms with Gasteiger partial charge in [-0.15, -0.1) is 11.3 Å². The normalized spacial score (nSPS) is 12.6. The summed E-state index contributed by atoms with van der Waals surface area (Å²) in [7, 11) is 0. The van der Waals surface area contributed by atoms with Gasteiger partial charge in [0.2, 0.25) is 0 Å². The zero-order valence-electron chi connectivity index (χ0n) is 13.3. The molecular formula is C18H24ClNS. The molecule has 0 amide bonds. The van der Waals surface area contributed by atoms with Crippen LogP contribution in [0.3, 0.4) is 0 Å². The first kappa shape index (κ1) is 16.5. The van der Waals surface area contributed by atoms with Crippen LogP contribution in [-0.2, 0) is 6.42 Å². The first-order valence-electron chi connectivity index (χ1n) is 7.64. The van der Waals surface area contributed by atoms with Gasteiger partial charge in [0, 0.05) is 9.90 Å². The van der Waals surface area contributed by atoms with Gasteiger partial charge in [-0.2, -0.15) is 0 Å². The van der Waals surface area contributed by atoms with Crippen LogP contribution >= 0.6 is 22.9 Å². The van der Waals surface area contributed by atoms with Gasteiger partial charge < -0.3 is 5.32 Å². The maximum absolute atomic E-state index is 6.55. The molecular weight excluding hydrogens is 298 g/mol. The Bertz CT molecular complexity index is 603. The van der Waals surface area contributed by atoms with Crippen LogP contribution in [0.15, 0.2) is 23.6 Å². The van der Waals surface area contributed by atoms with Crippen LogP contribution < -0.4 is 5.32 Å².